The molecule has 2 N–H and O–H groups in total. The van der Waals surface area contributed by atoms with Gasteiger partial charge in [-0.1, -0.05) is 60.7 Å². The summed E-state index contributed by atoms with van der Waals surface area (Å²) in [5, 5.41) is 11.7. The number of rotatable bonds is 8. The number of fused-ring (bicyclic) bond motifs is 1. The highest BCUT2D eigenvalue weighted by molar-refractivity contribution is 5.91. The molecule has 7 nitrogen and oxygen atoms in total. The summed E-state index contributed by atoms with van der Waals surface area (Å²) in [5.41, 5.74) is 5.21. The van der Waals surface area contributed by atoms with Crippen LogP contribution >= 0.6 is 0 Å². The summed E-state index contributed by atoms with van der Waals surface area (Å²) >= 11 is 0. The molecule has 0 fully saturated rings. The van der Waals surface area contributed by atoms with Gasteiger partial charge in [-0.15, -0.1) is 0 Å². The van der Waals surface area contributed by atoms with E-state index in [2.05, 4.69) is 5.32 Å². The number of hydrogen-bond acceptors (Lipinski definition) is 4. The van der Waals surface area contributed by atoms with Crippen molar-refractivity contribution in [2.45, 2.75) is 13.0 Å². The Labute approximate surface area is 196 Å². The van der Waals surface area contributed by atoms with E-state index >= 15 is 0 Å². The van der Waals surface area contributed by atoms with E-state index in [1.54, 1.807) is 36.1 Å². The number of nitrogens with zero attached hydrogens (tertiary/aromatic N) is 1. The van der Waals surface area contributed by atoms with Crippen molar-refractivity contribution in [1.29, 1.82) is 0 Å². The van der Waals surface area contributed by atoms with E-state index in [4.69, 9.17) is 9.15 Å². The average Bonchev–Trinajstić information content (AvgIpc) is 3.15. The summed E-state index contributed by atoms with van der Waals surface area (Å²) in [5.74, 6) is -0.406. The highest BCUT2D eigenvalue weighted by Crippen LogP contribution is 2.29. The van der Waals surface area contributed by atoms with Crippen molar-refractivity contribution in [3.05, 3.63) is 101 Å². The van der Waals surface area contributed by atoms with Crippen LogP contribution in [0.5, 0.6) is 0 Å². The summed E-state index contributed by atoms with van der Waals surface area (Å²) < 4.78 is 11.9. The molecule has 0 unspecified atom stereocenters. The summed E-state index contributed by atoms with van der Waals surface area (Å²) in [6.07, 6.45) is 6.68. The lowest BCUT2D eigenvalue weighted by Crippen LogP contribution is -2.13. The van der Waals surface area contributed by atoms with Crippen LogP contribution in [0.2, 0.25) is 0 Å². The van der Waals surface area contributed by atoms with Gasteiger partial charge in [0.25, 0.3) is 0 Å². The molecule has 0 spiro atoms. The number of amides is 1. The molecule has 4 rings (SSSR count). The third-order valence-electron chi connectivity index (χ3n) is 5.29. The van der Waals surface area contributed by atoms with Gasteiger partial charge in [-0.3, -0.25) is 9.88 Å². The minimum atomic E-state index is -1.12. The third kappa shape index (κ3) is 5.27. The van der Waals surface area contributed by atoms with Crippen molar-refractivity contribution >= 4 is 35.0 Å². The number of methoxy groups -OCH3 is 1. The zero-order chi connectivity index (χ0) is 23.9. The van der Waals surface area contributed by atoms with Crippen molar-refractivity contribution in [2.24, 2.45) is 0 Å². The summed E-state index contributed by atoms with van der Waals surface area (Å²) in [4.78, 5) is 23.6. The number of oxazole rings is 1. The number of hydrogen-bond donors (Lipinski definition) is 2. The minimum Gasteiger partial charge on any atom is -0.504 e. The van der Waals surface area contributed by atoms with Crippen LogP contribution in [0.1, 0.15) is 17.5 Å². The Hall–Kier alpha value is -4.52. The molecule has 0 aliphatic heterocycles. The quantitative estimate of drug-likeness (QED) is 0.314. The number of allylic oxidation sites excluding steroid dienone is 1. The van der Waals surface area contributed by atoms with Gasteiger partial charge in [0.1, 0.15) is 0 Å². The van der Waals surface area contributed by atoms with Crippen LogP contribution in [0.15, 0.2) is 88.3 Å². The first-order valence-electron chi connectivity index (χ1n) is 10.7. The molecule has 3 aromatic carbocycles. The van der Waals surface area contributed by atoms with Crippen LogP contribution in [0.25, 0.3) is 34.4 Å². The number of aryl methyl sites for hydroxylation is 1. The van der Waals surface area contributed by atoms with E-state index in [9.17, 15) is 14.7 Å². The second-order valence-corrected chi connectivity index (χ2v) is 7.58. The van der Waals surface area contributed by atoms with Crippen molar-refractivity contribution in [2.75, 3.05) is 12.4 Å². The molecule has 4 aromatic rings. The number of carbonyl (C=O) groups is 1. The van der Waals surface area contributed by atoms with Gasteiger partial charge in [0.05, 0.1) is 24.6 Å². The van der Waals surface area contributed by atoms with E-state index < -0.39 is 11.8 Å². The second kappa shape index (κ2) is 10.4. The Morgan fingerprint density at radius 2 is 1.82 bits per heavy atom. The molecular formula is C27H24N2O5. The SMILES string of the molecule is COC=Cc1ccc2c(c1)oc(=O)n2CCC=Cc1ccc(-c2ccccc2)c(NC(=O)O)c1. The Balaban J connectivity index is 1.50. The lowest BCUT2D eigenvalue weighted by Gasteiger charge is -2.10. The molecule has 34 heavy (non-hydrogen) atoms. The van der Waals surface area contributed by atoms with Gasteiger partial charge in [0, 0.05) is 12.1 Å². The molecule has 172 valence electrons. The van der Waals surface area contributed by atoms with E-state index in [-0.39, 0.29) is 0 Å². The zero-order valence-electron chi connectivity index (χ0n) is 18.6. The Bertz CT molecular complexity index is 1410. The number of benzene rings is 3. The van der Waals surface area contributed by atoms with Crippen LogP contribution < -0.4 is 11.1 Å². The monoisotopic (exact) mass is 456 g/mol. The van der Waals surface area contributed by atoms with Crippen molar-refractivity contribution in [3.8, 4) is 11.1 Å². The molecule has 0 aliphatic rings. The molecule has 1 heterocycles. The largest absolute Gasteiger partial charge is 0.504 e. The topological polar surface area (TPSA) is 93.7 Å². The maximum atomic E-state index is 12.3. The van der Waals surface area contributed by atoms with Gasteiger partial charge in [-0.05, 0) is 47.4 Å². The van der Waals surface area contributed by atoms with Gasteiger partial charge in [-0.2, -0.15) is 0 Å². The van der Waals surface area contributed by atoms with Gasteiger partial charge < -0.3 is 14.3 Å². The van der Waals surface area contributed by atoms with Gasteiger partial charge in [-0.25, -0.2) is 9.59 Å². The Morgan fingerprint density at radius 1 is 1.06 bits per heavy atom. The first-order chi connectivity index (χ1) is 16.5. The predicted molar refractivity (Wildman–Crippen MR) is 134 cm³/mol. The lowest BCUT2D eigenvalue weighted by molar-refractivity contribution is 0.210. The molecule has 7 heteroatoms. The standard InChI is InChI=1S/C27H24N2O5/c1-33-16-14-20-11-13-24-25(18-20)34-27(32)29(24)15-6-5-7-19-10-12-22(21-8-3-2-4-9-21)23(17-19)28-26(30)31/h2-5,7-14,16-18,28H,6,15H2,1H3,(H,30,31). The fraction of sp³-hybridized carbons (Fsp3) is 0.111. The first-order valence-corrected chi connectivity index (χ1v) is 10.7. The van der Waals surface area contributed by atoms with Gasteiger partial charge >= 0.3 is 11.8 Å². The minimum absolute atomic E-state index is 0.406. The lowest BCUT2D eigenvalue weighted by atomic mass is 10.0. The zero-order valence-corrected chi connectivity index (χ0v) is 18.6. The number of nitrogens with one attached hydrogen (secondary N) is 1. The van der Waals surface area contributed by atoms with Crippen molar-refractivity contribution < 1.29 is 19.1 Å². The fourth-order valence-corrected chi connectivity index (χ4v) is 3.72. The maximum absolute atomic E-state index is 12.3. The van der Waals surface area contributed by atoms with E-state index in [1.165, 1.54) is 0 Å². The Kier molecular flexibility index (Phi) is 6.93. The molecule has 0 radical (unpaired) electrons. The summed E-state index contributed by atoms with van der Waals surface area (Å²) in [6.45, 7) is 0.456. The van der Waals surface area contributed by atoms with Crippen LogP contribution in [0.3, 0.4) is 0 Å². The Morgan fingerprint density at radius 3 is 2.59 bits per heavy atom. The summed E-state index contributed by atoms with van der Waals surface area (Å²) in [7, 11) is 1.57. The van der Waals surface area contributed by atoms with E-state index in [0.29, 0.717) is 24.2 Å². The number of carboxylic acid groups (broad SMARTS) is 1. The van der Waals surface area contributed by atoms with Crippen LogP contribution in [-0.2, 0) is 11.3 Å². The van der Waals surface area contributed by atoms with Crippen LogP contribution in [0.4, 0.5) is 10.5 Å². The van der Waals surface area contributed by atoms with Crippen LogP contribution in [-0.4, -0.2) is 22.9 Å². The van der Waals surface area contributed by atoms with Gasteiger partial charge in [0.15, 0.2) is 5.58 Å². The normalized spacial score (nSPS) is 11.4. The maximum Gasteiger partial charge on any atom is 0.419 e. The molecule has 1 aromatic heterocycles. The molecule has 0 saturated carbocycles. The first kappa shape index (κ1) is 22.7. The van der Waals surface area contributed by atoms with Crippen LogP contribution in [0, 0.1) is 0 Å². The van der Waals surface area contributed by atoms with Crippen molar-refractivity contribution in [1.82, 2.24) is 4.57 Å². The van der Waals surface area contributed by atoms with Crippen molar-refractivity contribution in [3.63, 3.8) is 0 Å². The number of ether oxygens (including phenoxy) is 1. The van der Waals surface area contributed by atoms with E-state index in [1.807, 2.05) is 66.7 Å². The molecule has 0 saturated heterocycles. The number of aromatic nitrogens is 1. The molecule has 0 bridgehead atoms. The highest BCUT2D eigenvalue weighted by Gasteiger charge is 2.10. The highest BCUT2D eigenvalue weighted by atomic mass is 16.5. The molecule has 0 atom stereocenters. The smallest absolute Gasteiger partial charge is 0.419 e. The second-order valence-electron chi connectivity index (χ2n) is 7.58. The summed E-state index contributed by atoms with van der Waals surface area (Å²) in [6, 6.07) is 20.8. The molecule has 1 amide bonds. The third-order valence-corrected chi connectivity index (χ3v) is 5.29. The van der Waals surface area contributed by atoms with E-state index in [0.717, 1.165) is 27.8 Å². The van der Waals surface area contributed by atoms with Gasteiger partial charge in [0.2, 0.25) is 0 Å². The predicted octanol–water partition coefficient (Wildman–Crippen LogP) is 6.07. The average molecular weight is 456 g/mol. The molecular weight excluding hydrogens is 432 g/mol. The number of anilines is 1. The molecule has 0 aliphatic carbocycles. The fourth-order valence-electron chi connectivity index (χ4n) is 3.72.